The van der Waals surface area contributed by atoms with Crippen LogP contribution in [-0.4, -0.2) is 24.5 Å². The van der Waals surface area contributed by atoms with Crippen LogP contribution in [0.1, 0.15) is 63.4 Å². The predicted molar refractivity (Wildman–Crippen MR) is 110 cm³/mol. The maximum absolute atomic E-state index is 5.88. The van der Waals surface area contributed by atoms with E-state index in [1.807, 2.05) is 0 Å². The molecule has 2 nitrogen and oxygen atoms in total. The highest BCUT2D eigenvalue weighted by atomic mass is 79.9. The Bertz CT molecular complexity index is 505. The van der Waals surface area contributed by atoms with Crippen molar-refractivity contribution in [1.82, 2.24) is 4.90 Å². The molecule has 2 aliphatic rings. The number of benzene rings is 1. The molecule has 3 heteroatoms. The highest BCUT2D eigenvalue weighted by Crippen LogP contribution is 2.31. The fourth-order valence-electron chi connectivity index (χ4n) is 4.85. The predicted octanol–water partition coefficient (Wildman–Crippen LogP) is 5.60. The molecule has 0 bridgehead atoms. The summed E-state index contributed by atoms with van der Waals surface area (Å²) in [5, 5.41) is 0. The summed E-state index contributed by atoms with van der Waals surface area (Å²) in [6, 6.07) is 8.87. The first-order valence-corrected chi connectivity index (χ1v) is 11.2. The molecule has 2 saturated carbocycles. The Labute approximate surface area is 162 Å². The Kier molecular flexibility index (Phi) is 7.82. The Balaban J connectivity index is 1.59. The molecule has 0 atom stereocenters. The summed E-state index contributed by atoms with van der Waals surface area (Å²) < 4.78 is 1.20. The molecule has 2 N–H and O–H groups in total. The zero-order chi connectivity index (χ0) is 17.5. The van der Waals surface area contributed by atoms with E-state index in [-0.39, 0.29) is 0 Å². The Morgan fingerprint density at radius 2 is 1.52 bits per heavy atom. The van der Waals surface area contributed by atoms with Gasteiger partial charge in [-0.15, -0.1) is 0 Å². The van der Waals surface area contributed by atoms with Gasteiger partial charge in [-0.05, 0) is 80.5 Å². The highest BCUT2D eigenvalue weighted by molar-refractivity contribution is 9.10. The van der Waals surface area contributed by atoms with Gasteiger partial charge in [0.25, 0.3) is 0 Å². The van der Waals surface area contributed by atoms with Crippen molar-refractivity contribution in [3.05, 3.63) is 34.3 Å². The van der Waals surface area contributed by atoms with Gasteiger partial charge in [-0.3, -0.25) is 4.90 Å². The van der Waals surface area contributed by atoms with E-state index >= 15 is 0 Å². The van der Waals surface area contributed by atoms with Crippen molar-refractivity contribution in [2.24, 2.45) is 23.5 Å². The topological polar surface area (TPSA) is 29.3 Å². The molecule has 2 aliphatic carbocycles. The van der Waals surface area contributed by atoms with Crippen LogP contribution in [0.15, 0.2) is 28.7 Å². The van der Waals surface area contributed by atoms with E-state index in [9.17, 15) is 0 Å². The fourth-order valence-corrected chi connectivity index (χ4v) is 5.29. The van der Waals surface area contributed by atoms with Crippen LogP contribution in [0, 0.1) is 17.8 Å². The van der Waals surface area contributed by atoms with Crippen LogP contribution in [-0.2, 0) is 6.54 Å². The van der Waals surface area contributed by atoms with Crippen LogP contribution in [0.25, 0.3) is 0 Å². The molecule has 0 heterocycles. The first-order chi connectivity index (χ1) is 12.2. The van der Waals surface area contributed by atoms with Crippen molar-refractivity contribution in [1.29, 1.82) is 0 Å². The number of rotatable bonds is 7. The van der Waals surface area contributed by atoms with Crippen LogP contribution in [0.2, 0.25) is 0 Å². The van der Waals surface area contributed by atoms with Crippen LogP contribution >= 0.6 is 15.9 Å². The number of hydrogen-bond donors (Lipinski definition) is 1. The Morgan fingerprint density at radius 1 is 0.880 bits per heavy atom. The molecule has 1 aromatic rings. The molecular formula is C22H35BrN2. The van der Waals surface area contributed by atoms with Crippen LogP contribution in [0.5, 0.6) is 0 Å². The smallest absolute Gasteiger partial charge is 0.0234 e. The molecule has 0 aromatic heterocycles. The van der Waals surface area contributed by atoms with E-state index in [2.05, 4.69) is 45.1 Å². The summed E-state index contributed by atoms with van der Waals surface area (Å²) in [5.41, 5.74) is 7.32. The number of nitrogens with two attached hydrogens (primary N) is 1. The quantitative estimate of drug-likeness (QED) is 0.638. The van der Waals surface area contributed by atoms with Crippen LogP contribution in [0.3, 0.4) is 0 Å². The third-order valence-corrected chi connectivity index (χ3v) is 6.85. The summed E-state index contributed by atoms with van der Waals surface area (Å²) in [7, 11) is 0. The van der Waals surface area contributed by atoms with E-state index in [0.717, 1.165) is 30.8 Å². The molecule has 0 amide bonds. The van der Waals surface area contributed by atoms with Gasteiger partial charge in [0, 0.05) is 24.1 Å². The average Bonchev–Trinajstić information content (AvgIpc) is 2.63. The molecule has 0 unspecified atom stereocenters. The maximum atomic E-state index is 5.88. The second-order valence-electron chi connectivity index (χ2n) is 8.45. The molecule has 140 valence electrons. The largest absolute Gasteiger partial charge is 0.330 e. The zero-order valence-electron chi connectivity index (χ0n) is 15.6. The Hall–Kier alpha value is -0.380. The summed E-state index contributed by atoms with van der Waals surface area (Å²) in [4.78, 5) is 2.77. The molecule has 0 radical (unpaired) electrons. The molecule has 25 heavy (non-hydrogen) atoms. The highest BCUT2D eigenvalue weighted by Gasteiger charge is 2.24. The molecule has 0 spiro atoms. The summed E-state index contributed by atoms with van der Waals surface area (Å²) in [6.45, 7) is 4.56. The first-order valence-electron chi connectivity index (χ1n) is 10.4. The average molecular weight is 407 g/mol. The monoisotopic (exact) mass is 406 g/mol. The third-order valence-electron chi connectivity index (χ3n) is 6.35. The van der Waals surface area contributed by atoms with Gasteiger partial charge in [0.05, 0.1) is 0 Å². The number of hydrogen-bond acceptors (Lipinski definition) is 2. The summed E-state index contributed by atoms with van der Waals surface area (Å²) in [5.74, 6) is 2.58. The first kappa shape index (κ1) is 19.4. The van der Waals surface area contributed by atoms with Gasteiger partial charge in [0.15, 0.2) is 0 Å². The minimum Gasteiger partial charge on any atom is -0.330 e. The van der Waals surface area contributed by atoms with E-state index in [1.165, 1.54) is 80.9 Å². The zero-order valence-corrected chi connectivity index (χ0v) is 17.2. The van der Waals surface area contributed by atoms with E-state index < -0.39 is 0 Å². The lowest BCUT2D eigenvalue weighted by Crippen LogP contribution is -2.36. The minimum absolute atomic E-state index is 0.785. The standard InChI is InChI=1S/C22H35BrN2/c23-22-8-4-7-21(13-22)17-25(15-19-5-2-1-3-6-19)16-20-11-9-18(14-24)10-12-20/h4,7-8,13,18-20H,1-3,5-6,9-12,14-17,24H2. The van der Waals surface area contributed by atoms with Crippen molar-refractivity contribution in [2.75, 3.05) is 19.6 Å². The minimum atomic E-state index is 0.785. The van der Waals surface area contributed by atoms with Crippen molar-refractivity contribution in [3.8, 4) is 0 Å². The van der Waals surface area contributed by atoms with E-state index in [1.54, 1.807) is 0 Å². The fraction of sp³-hybridized carbons (Fsp3) is 0.727. The third kappa shape index (κ3) is 6.37. The van der Waals surface area contributed by atoms with Gasteiger partial charge in [-0.25, -0.2) is 0 Å². The van der Waals surface area contributed by atoms with Gasteiger partial charge < -0.3 is 5.73 Å². The summed E-state index contributed by atoms with van der Waals surface area (Å²) in [6.07, 6.45) is 12.6. The van der Waals surface area contributed by atoms with Gasteiger partial charge in [0.1, 0.15) is 0 Å². The van der Waals surface area contributed by atoms with Crippen molar-refractivity contribution in [3.63, 3.8) is 0 Å². The number of nitrogens with zero attached hydrogens (tertiary/aromatic N) is 1. The Morgan fingerprint density at radius 3 is 2.16 bits per heavy atom. The van der Waals surface area contributed by atoms with Crippen LogP contribution < -0.4 is 5.73 Å². The van der Waals surface area contributed by atoms with Gasteiger partial charge in [-0.1, -0.05) is 47.3 Å². The van der Waals surface area contributed by atoms with Crippen LogP contribution in [0.4, 0.5) is 0 Å². The van der Waals surface area contributed by atoms with Crippen molar-refractivity contribution >= 4 is 15.9 Å². The normalized spacial score (nSPS) is 25.4. The molecule has 2 fully saturated rings. The molecule has 0 saturated heterocycles. The second kappa shape index (κ2) is 10.1. The second-order valence-corrected chi connectivity index (χ2v) is 9.37. The van der Waals surface area contributed by atoms with Gasteiger partial charge in [0.2, 0.25) is 0 Å². The maximum Gasteiger partial charge on any atom is 0.0234 e. The van der Waals surface area contributed by atoms with Gasteiger partial charge in [-0.2, -0.15) is 0 Å². The lowest BCUT2D eigenvalue weighted by Gasteiger charge is -2.35. The van der Waals surface area contributed by atoms with Gasteiger partial charge >= 0.3 is 0 Å². The molecular weight excluding hydrogens is 372 g/mol. The molecule has 1 aromatic carbocycles. The van der Waals surface area contributed by atoms with E-state index in [4.69, 9.17) is 5.73 Å². The molecule has 3 rings (SSSR count). The number of halogens is 1. The lowest BCUT2D eigenvalue weighted by molar-refractivity contribution is 0.143. The SMILES string of the molecule is NCC1CCC(CN(Cc2cccc(Br)c2)CC2CCCCC2)CC1. The van der Waals surface area contributed by atoms with E-state index in [0.29, 0.717) is 0 Å². The van der Waals surface area contributed by atoms with Crippen molar-refractivity contribution < 1.29 is 0 Å². The molecule has 0 aliphatic heterocycles. The van der Waals surface area contributed by atoms with Crippen molar-refractivity contribution in [2.45, 2.75) is 64.3 Å². The lowest BCUT2D eigenvalue weighted by atomic mass is 9.81. The summed E-state index contributed by atoms with van der Waals surface area (Å²) >= 11 is 3.63.